The van der Waals surface area contributed by atoms with Crippen molar-refractivity contribution in [1.29, 1.82) is 0 Å². The SMILES string of the molecule is CN1CCCCC1CNC1CCCCCCCCCCC1. The molecule has 1 saturated heterocycles. The van der Waals surface area contributed by atoms with Gasteiger partial charge >= 0.3 is 0 Å². The third kappa shape index (κ3) is 7.15. The third-order valence-electron chi connectivity index (χ3n) is 5.67. The van der Waals surface area contributed by atoms with Crippen LogP contribution in [-0.4, -0.2) is 37.1 Å². The molecule has 1 N–H and O–H groups in total. The lowest BCUT2D eigenvalue weighted by Gasteiger charge is -2.34. The van der Waals surface area contributed by atoms with Crippen molar-refractivity contribution in [3.05, 3.63) is 0 Å². The molecule has 21 heavy (non-hydrogen) atoms. The summed E-state index contributed by atoms with van der Waals surface area (Å²) in [5.74, 6) is 0. The molecule has 1 aliphatic carbocycles. The number of hydrogen-bond donors (Lipinski definition) is 1. The molecule has 1 atom stereocenters. The predicted octanol–water partition coefficient (Wildman–Crippen LogP) is 4.73. The quantitative estimate of drug-likeness (QED) is 0.809. The van der Waals surface area contributed by atoms with E-state index in [4.69, 9.17) is 0 Å². The molecule has 0 aromatic heterocycles. The summed E-state index contributed by atoms with van der Waals surface area (Å²) in [7, 11) is 2.31. The summed E-state index contributed by atoms with van der Waals surface area (Å²) in [6.07, 6.45) is 20.2. The molecule has 1 unspecified atom stereocenters. The second-order valence-corrected chi connectivity index (χ2v) is 7.49. The molecule has 0 aromatic carbocycles. The van der Waals surface area contributed by atoms with Crippen molar-refractivity contribution >= 4 is 0 Å². The van der Waals surface area contributed by atoms with Crippen molar-refractivity contribution in [1.82, 2.24) is 10.2 Å². The van der Waals surface area contributed by atoms with E-state index in [1.807, 2.05) is 0 Å². The van der Waals surface area contributed by atoms with Crippen LogP contribution in [-0.2, 0) is 0 Å². The van der Waals surface area contributed by atoms with Gasteiger partial charge < -0.3 is 10.2 Å². The number of piperidine rings is 1. The van der Waals surface area contributed by atoms with Gasteiger partial charge in [-0.2, -0.15) is 0 Å². The van der Waals surface area contributed by atoms with Gasteiger partial charge in [-0.1, -0.05) is 64.2 Å². The van der Waals surface area contributed by atoms with Gasteiger partial charge in [-0.3, -0.25) is 0 Å². The van der Waals surface area contributed by atoms with Gasteiger partial charge in [0.1, 0.15) is 0 Å². The van der Waals surface area contributed by atoms with E-state index in [1.165, 1.54) is 103 Å². The highest BCUT2D eigenvalue weighted by Crippen LogP contribution is 2.18. The summed E-state index contributed by atoms with van der Waals surface area (Å²) >= 11 is 0. The molecule has 0 radical (unpaired) electrons. The molecule has 1 aliphatic heterocycles. The van der Waals surface area contributed by atoms with Crippen LogP contribution in [0.4, 0.5) is 0 Å². The summed E-state index contributed by atoms with van der Waals surface area (Å²) in [6, 6.07) is 1.58. The maximum atomic E-state index is 3.93. The minimum atomic E-state index is 0.791. The van der Waals surface area contributed by atoms with Gasteiger partial charge in [0.25, 0.3) is 0 Å². The molecule has 2 rings (SSSR count). The van der Waals surface area contributed by atoms with Gasteiger partial charge in [0, 0.05) is 18.6 Å². The number of hydrogen-bond acceptors (Lipinski definition) is 2. The van der Waals surface area contributed by atoms with Crippen LogP contribution in [0.25, 0.3) is 0 Å². The first-order chi connectivity index (χ1) is 10.4. The largest absolute Gasteiger partial charge is 0.312 e. The summed E-state index contributed by atoms with van der Waals surface area (Å²) in [5, 5.41) is 3.93. The Morgan fingerprint density at radius 2 is 1.24 bits per heavy atom. The number of likely N-dealkylation sites (tertiary alicyclic amines) is 1. The molecular weight excluding hydrogens is 256 g/mol. The Morgan fingerprint density at radius 1 is 0.714 bits per heavy atom. The maximum absolute atomic E-state index is 3.93. The van der Waals surface area contributed by atoms with Crippen LogP contribution in [0.2, 0.25) is 0 Å². The van der Waals surface area contributed by atoms with E-state index in [2.05, 4.69) is 17.3 Å². The lowest BCUT2D eigenvalue weighted by Crippen LogP contribution is -2.45. The van der Waals surface area contributed by atoms with Gasteiger partial charge in [-0.05, 0) is 39.3 Å². The average Bonchev–Trinajstić information content (AvgIpc) is 2.48. The molecule has 0 aromatic rings. The van der Waals surface area contributed by atoms with Crippen LogP contribution in [0.5, 0.6) is 0 Å². The smallest absolute Gasteiger partial charge is 0.0217 e. The Balaban J connectivity index is 1.69. The van der Waals surface area contributed by atoms with Gasteiger partial charge in [-0.15, -0.1) is 0 Å². The zero-order valence-corrected chi connectivity index (χ0v) is 14.4. The Bertz CT molecular complexity index is 242. The highest BCUT2D eigenvalue weighted by atomic mass is 15.2. The molecule has 0 amide bonds. The number of nitrogens with one attached hydrogen (secondary N) is 1. The standard InChI is InChI=1S/C19H38N2/c1-21-16-12-11-15-19(21)17-20-18-13-9-7-5-3-2-4-6-8-10-14-18/h18-20H,2-17H2,1H3. The number of likely N-dealkylation sites (N-methyl/N-ethyl adjacent to an activating group) is 1. The summed E-state index contributed by atoms with van der Waals surface area (Å²) in [6.45, 7) is 2.53. The molecule has 124 valence electrons. The zero-order chi connectivity index (χ0) is 14.8. The Labute approximate surface area is 133 Å². The van der Waals surface area contributed by atoms with Gasteiger partial charge in [0.2, 0.25) is 0 Å². The van der Waals surface area contributed by atoms with Crippen LogP contribution in [0, 0.1) is 0 Å². The minimum Gasteiger partial charge on any atom is -0.312 e. The Kier molecular flexibility index (Phi) is 8.73. The number of nitrogens with zero attached hydrogens (tertiary/aromatic N) is 1. The van der Waals surface area contributed by atoms with Crippen molar-refractivity contribution < 1.29 is 0 Å². The highest BCUT2D eigenvalue weighted by molar-refractivity contribution is 4.79. The summed E-state index contributed by atoms with van der Waals surface area (Å²) in [4.78, 5) is 2.58. The van der Waals surface area contributed by atoms with E-state index < -0.39 is 0 Å². The molecule has 0 bridgehead atoms. The molecule has 2 heteroatoms. The first kappa shape index (κ1) is 17.3. The van der Waals surface area contributed by atoms with Crippen LogP contribution in [0.15, 0.2) is 0 Å². The van der Waals surface area contributed by atoms with Crippen molar-refractivity contribution in [3.63, 3.8) is 0 Å². The molecule has 2 nitrogen and oxygen atoms in total. The average molecular weight is 295 g/mol. The molecular formula is C19H38N2. The third-order valence-corrected chi connectivity index (χ3v) is 5.67. The molecule has 0 spiro atoms. The summed E-state index contributed by atoms with van der Waals surface area (Å²) in [5.41, 5.74) is 0. The van der Waals surface area contributed by atoms with Crippen LogP contribution >= 0.6 is 0 Å². The lowest BCUT2D eigenvalue weighted by atomic mass is 9.97. The van der Waals surface area contributed by atoms with Crippen molar-refractivity contribution in [2.75, 3.05) is 20.1 Å². The predicted molar refractivity (Wildman–Crippen MR) is 92.8 cm³/mol. The van der Waals surface area contributed by atoms with Crippen LogP contribution < -0.4 is 5.32 Å². The van der Waals surface area contributed by atoms with Crippen molar-refractivity contribution in [2.45, 2.75) is 102 Å². The second kappa shape index (κ2) is 10.6. The summed E-state index contributed by atoms with van der Waals surface area (Å²) < 4.78 is 0. The molecule has 1 saturated carbocycles. The van der Waals surface area contributed by atoms with E-state index in [-0.39, 0.29) is 0 Å². The topological polar surface area (TPSA) is 15.3 Å². The molecule has 2 aliphatic rings. The van der Waals surface area contributed by atoms with Gasteiger partial charge in [-0.25, -0.2) is 0 Å². The van der Waals surface area contributed by atoms with Crippen LogP contribution in [0.3, 0.4) is 0 Å². The van der Waals surface area contributed by atoms with Crippen LogP contribution in [0.1, 0.15) is 89.9 Å². The minimum absolute atomic E-state index is 0.791. The van der Waals surface area contributed by atoms with E-state index in [0.29, 0.717) is 0 Å². The van der Waals surface area contributed by atoms with Crippen molar-refractivity contribution in [3.8, 4) is 0 Å². The van der Waals surface area contributed by atoms with E-state index in [0.717, 1.165) is 12.1 Å². The first-order valence-corrected chi connectivity index (χ1v) is 9.80. The zero-order valence-electron chi connectivity index (χ0n) is 14.4. The van der Waals surface area contributed by atoms with E-state index in [9.17, 15) is 0 Å². The second-order valence-electron chi connectivity index (χ2n) is 7.49. The van der Waals surface area contributed by atoms with E-state index >= 15 is 0 Å². The monoisotopic (exact) mass is 294 g/mol. The van der Waals surface area contributed by atoms with E-state index in [1.54, 1.807) is 0 Å². The normalized spacial score (nSPS) is 28.7. The fourth-order valence-electron chi connectivity index (χ4n) is 4.07. The maximum Gasteiger partial charge on any atom is 0.0217 e. The Hall–Kier alpha value is -0.0800. The lowest BCUT2D eigenvalue weighted by molar-refractivity contribution is 0.175. The van der Waals surface area contributed by atoms with Crippen molar-refractivity contribution in [2.24, 2.45) is 0 Å². The van der Waals surface area contributed by atoms with Gasteiger partial charge in [0.05, 0.1) is 0 Å². The Morgan fingerprint density at radius 3 is 1.81 bits per heavy atom. The molecule has 2 fully saturated rings. The first-order valence-electron chi connectivity index (χ1n) is 9.80. The highest BCUT2D eigenvalue weighted by Gasteiger charge is 2.19. The van der Waals surface area contributed by atoms with Gasteiger partial charge in [0.15, 0.2) is 0 Å². The fraction of sp³-hybridized carbons (Fsp3) is 1.00. The molecule has 1 heterocycles. The number of rotatable bonds is 3. The fourth-order valence-corrected chi connectivity index (χ4v) is 4.07.